The standard InChI is InChI=1S/C40H32N2O8/c43-35(44)19-23-17-18-24(20-36(45)46)38(42-40(48)50-22-34-31-15-7-3-11-27(31)28-12-4-8-16-32(28)34)37(23)41-39(47)49-21-33-29-13-5-1-9-25(29)26-10-2-6-14-30(26)33/h1-18,33-34H,19-22H2,(H,41,47)(H,42,48)(H,43,44)(H,45,46). The summed E-state index contributed by atoms with van der Waals surface area (Å²) in [6, 6.07) is 34.3. The molecule has 10 nitrogen and oxygen atoms in total. The maximum absolute atomic E-state index is 13.4. The molecule has 0 bridgehead atoms. The maximum Gasteiger partial charge on any atom is 0.411 e. The third kappa shape index (κ3) is 6.26. The molecule has 5 aromatic rings. The minimum atomic E-state index is -1.20. The number of aliphatic carboxylic acids is 2. The number of carboxylic acid groups (broad SMARTS) is 2. The van der Waals surface area contributed by atoms with Crippen molar-refractivity contribution in [1.29, 1.82) is 0 Å². The second-order valence-electron chi connectivity index (χ2n) is 12.2. The van der Waals surface area contributed by atoms with Gasteiger partial charge in [-0.3, -0.25) is 20.2 Å². The summed E-state index contributed by atoms with van der Waals surface area (Å²) in [6.45, 7) is -0.0316. The van der Waals surface area contributed by atoms with Crippen molar-refractivity contribution in [2.45, 2.75) is 24.7 Å². The van der Waals surface area contributed by atoms with Crippen molar-refractivity contribution in [2.75, 3.05) is 23.8 Å². The Kier molecular flexibility index (Phi) is 8.74. The molecule has 2 aliphatic carbocycles. The first kappa shape index (κ1) is 32.1. The fraction of sp³-hybridized carbons (Fsp3) is 0.150. The van der Waals surface area contributed by atoms with E-state index in [2.05, 4.69) is 10.6 Å². The van der Waals surface area contributed by atoms with Crippen molar-refractivity contribution >= 4 is 35.5 Å². The summed E-state index contributed by atoms with van der Waals surface area (Å²) in [7, 11) is 0. The number of amides is 2. The van der Waals surface area contributed by atoms with Crippen molar-refractivity contribution in [3.05, 3.63) is 143 Å². The van der Waals surface area contributed by atoms with Gasteiger partial charge in [-0.15, -0.1) is 0 Å². The highest BCUT2D eigenvalue weighted by atomic mass is 16.6. The van der Waals surface area contributed by atoms with Crippen LogP contribution in [0.1, 0.15) is 45.2 Å². The highest BCUT2D eigenvalue weighted by molar-refractivity contribution is 5.99. The van der Waals surface area contributed by atoms with Gasteiger partial charge in [0.15, 0.2) is 0 Å². The van der Waals surface area contributed by atoms with Crippen LogP contribution >= 0.6 is 0 Å². The molecule has 2 aliphatic rings. The molecule has 5 aromatic carbocycles. The molecule has 0 saturated heterocycles. The zero-order valence-corrected chi connectivity index (χ0v) is 26.7. The summed E-state index contributed by atoms with van der Waals surface area (Å²) in [5.74, 6) is -2.86. The lowest BCUT2D eigenvalue weighted by molar-refractivity contribution is -0.137. The highest BCUT2D eigenvalue weighted by Crippen LogP contribution is 2.46. The molecule has 0 aromatic heterocycles. The first-order chi connectivity index (χ1) is 24.3. The number of ether oxygens (including phenoxy) is 2. The molecule has 0 radical (unpaired) electrons. The Bertz CT molecular complexity index is 1920. The predicted octanol–water partition coefficient (Wildman–Crippen LogP) is 7.66. The molecular formula is C40H32N2O8. The van der Waals surface area contributed by atoms with Gasteiger partial charge in [-0.2, -0.15) is 0 Å². The molecule has 0 aliphatic heterocycles. The second-order valence-corrected chi connectivity index (χ2v) is 12.2. The number of rotatable bonds is 10. The molecule has 0 spiro atoms. The minimum absolute atomic E-state index is 0.0158. The van der Waals surface area contributed by atoms with E-state index >= 15 is 0 Å². The van der Waals surface area contributed by atoms with Crippen LogP contribution in [-0.2, 0) is 31.9 Å². The Morgan fingerprint density at radius 3 is 1.08 bits per heavy atom. The predicted molar refractivity (Wildman–Crippen MR) is 187 cm³/mol. The number of anilines is 2. The number of carbonyl (C=O) groups excluding carboxylic acids is 2. The fourth-order valence-electron chi connectivity index (χ4n) is 7.07. The molecular weight excluding hydrogens is 636 g/mol. The first-order valence-electron chi connectivity index (χ1n) is 16.1. The molecule has 0 atom stereocenters. The van der Waals surface area contributed by atoms with Gasteiger partial charge >= 0.3 is 24.1 Å². The van der Waals surface area contributed by atoms with Gasteiger partial charge in [0.05, 0.1) is 24.2 Å². The number of benzene rings is 5. The largest absolute Gasteiger partial charge is 0.481 e. The normalized spacial score (nSPS) is 12.6. The lowest BCUT2D eigenvalue weighted by Gasteiger charge is -2.21. The van der Waals surface area contributed by atoms with Gasteiger partial charge in [0, 0.05) is 11.8 Å². The quantitative estimate of drug-likeness (QED) is 0.118. The molecule has 0 heterocycles. The van der Waals surface area contributed by atoms with Crippen LogP contribution in [0, 0.1) is 0 Å². The van der Waals surface area contributed by atoms with Gasteiger partial charge < -0.3 is 19.7 Å². The maximum atomic E-state index is 13.4. The van der Waals surface area contributed by atoms with Gasteiger partial charge in [0.2, 0.25) is 0 Å². The van der Waals surface area contributed by atoms with E-state index in [0.717, 1.165) is 44.5 Å². The summed E-state index contributed by atoms with van der Waals surface area (Å²) in [5.41, 5.74) is 8.34. The van der Waals surface area contributed by atoms with Crippen LogP contribution < -0.4 is 10.6 Å². The SMILES string of the molecule is O=C(O)Cc1ccc(CC(=O)O)c(NC(=O)OCC2c3ccccc3-c3ccccc32)c1NC(=O)OCC1c2ccccc2-c2ccccc21. The summed E-state index contributed by atoms with van der Waals surface area (Å²) >= 11 is 0. The third-order valence-electron chi connectivity index (χ3n) is 9.20. The Morgan fingerprint density at radius 2 is 0.780 bits per heavy atom. The molecule has 4 N–H and O–H groups in total. The van der Waals surface area contributed by atoms with E-state index < -0.39 is 37.0 Å². The van der Waals surface area contributed by atoms with E-state index in [1.807, 2.05) is 97.1 Å². The van der Waals surface area contributed by atoms with Crippen molar-refractivity contribution in [3.63, 3.8) is 0 Å². The Labute approximate surface area is 287 Å². The fourth-order valence-corrected chi connectivity index (χ4v) is 7.07. The molecule has 0 saturated carbocycles. The van der Waals surface area contributed by atoms with Crippen molar-refractivity contribution in [3.8, 4) is 22.3 Å². The van der Waals surface area contributed by atoms with Gasteiger partial charge in [0.1, 0.15) is 13.2 Å². The summed E-state index contributed by atoms with van der Waals surface area (Å²) in [4.78, 5) is 50.5. The summed E-state index contributed by atoms with van der Waals surface area (Å²) < 4.78 is 11.4. The van der Waals surface area contributed by atoms with Crippen molar-refractivity contribution in [2.24, 2.45) is 0 Å². The van der Waals surface area contributed by atoms with Crippen molar-refractivity contribution < 1.29 is 38.9 Å². The number of carboxylic acids is 2. The van der Waals surface area contributed by atoms with Crippen LogP contribution in [0.5, 0.6) is 0 Å². The van der Waals surface area contributed by atoms with E-state index in [-0.39, 0.29) is 47.6 Å². The Hall–Kier alpha value is -6.42. The average molecular weight is 669 g/mol. The van der Waals surface area contributed by atoms with Crippen LogP contribution in [0.4, 0.5) is 21.0 Å². The third-order valence-corrected chi connectivity index (χ3v) is 9.20. The monoisotopic (exact) mass is 668 g/mol. The van der Waals surface area contributed by atoms with E-state index in [1.54, 1.807) is 0 Å². The van der Waals surface area contributed by atoms with Crippen LogP contribution in [-0.4, -0.2) is 47.6 Å². The number of carbonyl (C=O) groups is 4. The Balaban J connectivity index is 1.13. The van der Waals surface area contributed by atoms with Crippen LogP contribution in [0.25, 0.3) is 22.3 Å². The van der Waals surface area contributed by atoms with Gasteiger partial charge in [-0.25, -0.2) is 9.59 Å². The molecule has 0 unspecified atom stereocenters. The van der Waals surface area contributed by atoms with Crippen LogP contribution in [0.15, 0.2) is 109 Å². The second kappa shape index (κ2) is 13.6. The zero-order chi connectivity index (χ0) is 34.8. The van der Waals surface area contributed by atoms with E-state index in [9.17, 15) is 29.4 Å². The average Bonchev–Trinajstić information content (AvgIpc) is 3.61. The smallest absolute Gasteiger partial charge is 0.411 e. The van der Waals surface area contributed by atoms with E-state index in [1.165, 1.54) is 12.1 Å². The number of nitrogens with one attached hydrogen (secondary N) is 2. The van der Waals surface area contributed by atoms with Crippen LogP contribution in [0.3, 0.4) is 0 Å². The molecule has 10 heteroatoms. The summed E-state index contributed by atoms with van der Waals surface area (Å²) in [5, 5.41) is 24.5. The number of fused-ring (bicyclic) bond motifs is 6. The van der Waals surface area contributed by atoms with Gasteiger partial charge in [0.25, 0.3) is 0 Å². The van der Waals surface area contributed by atoms with Crippen molar-refractivity contribution in [1.82, 2.24) is 0 Å². The van der Waals surface area contributed by atoms with Crippen LogP contribution in [0.2, 0.25) is 0 Å². The zero-order valence-electron chi connectivity index (χ0n) is 26.7. The lowest BCUT2D eigenvalue weighted by Crippen LogP contribution is -2.23. The molecule has 7 rings (SSSR count). The number of hydrogen-bond donors (Lipinski definition) is 4. The highest BCUT2D eigenvalue weighted by Gasteiger charge is 2.31. The lowest BCUT2D eigenvalue weighted by atomic mass is 9.98. The van der Waals surface area contributed by atoms with E-state index in [4.69, 9.17) is 9.47 Å². The summed E-state index contributed by atoms with van der Waals surface area (Å²) in [6.07, 6.45) is -2.85. The minimum Gasteiger partial charge on any atom is -0.481 e. The molecule has 2 amide bonds. The van der Waals surface area contributed by atoms with E-state index in [0.29, 0.717) is 0 Å². The first-order valence-corrected chi connectivity index (χ1v) is 16.1. The van der Waals surface area contributed by atoms with Gasteiger partial charge in [-0.1, -0.05) is 109 Å². The topological polar surface area (TPSA) is 151 Å². The van der Waals surface area contributed by atoms with Gasteiger partial charge in [-0.05, 0) is 55.6 Å². The molecule has 250 valence electrons. The molecule has 0 fully saturated rings. The number of hydrogen-bond acceptors (Lipinski definition) is 6. The molecule has 50 heavy (non-hydrogen) atoms. The Morgan fingerprint density at radius 1 is 0.480 bits per heavy atom.